The van der Waals surface area contributed by atoms with Crippen LogP contribution in [-0.2, 0) is 65.4 Å². The van der Waals surface area contributed by atoms with Gasteiger partial charge in [0.05, 0.1) is 26.4 Å². The van der Waals surface area contributed by atoms with E-state index in [2.05, 4.69) is 34.6 Å². The van der Waals surface area contributed by atoms with Crippen LogP contribution in [0, 0.1) is 5.92 Å². The molecule has 0 fully saturated rings. The highest BCUT2D eigenvalue weighted by molar-refractivity contribution is 7.47. The van der Waals surface area contributed by atoms with Crippen LogP contribution in [0.25, 0.3) is 0 Å². The molecule has 0 aromatic rings. The van der Waals surface area contributed by atoms with E-state index in [4.69, 9.17) is 37.0 Å². The molecule has 3 N–H and O–H groups in total. The summed E-state index contributed by atoms with van der Waals surface area (Å²) in [5.74, 6) is -1.22. The van der Waals surface area contributed by atoms with Crippen molar-refractivity contribution in [3.8, 4) is 0 Å². The Morgan fingerprint density at radius 1 is 0.259 bits per heavy atom. The van der Waals surface area contributed by atoms with Crippen molar-refractivity contribution in [2.24, 2.45) is 5.92 Å². The van der Waals surface area contributed by atoms with Gasteiger partial charge in [-0.15, -0.1) is 0 Å². The van der Waals surface area contributed by atoms with Crippen molar-refractivity contribution in [1.82, 2.24) is 0 Å². The molecule has 108 heavy (non-hydrogen) atoms. The summed E-state index contributed by atoms with van der Waals surface area (Å²) < 4.78 is 69.0. The van der Waals surface area contributed by atoms with Gasteiger partial charge in [-0.3, -0.25) is 37.3 Å². The van der Waals surface area contributed by atoms with Gasteiger partial charge in [0.1, 0.15) is 19.3 Å². The largest absolute Gasteiger partial charge is 0.472 e. The molecule has 0 amide bonds. The Morgan fingerprint density at radius 2 is 0.444 bits per heavy atom. The second kappa shape index (κ2) is 81.6. The summed E-state index contributed by atoms with van der Waals surface area (Å²) >= 11 is 0. The fraction of sp³-hybridized carbons (Fsp3) is 0.955. The van der Waals surface area contributed by atoms with Crippen LogP contribution in [0.3, 0.4) is 0 Å². The Balaban J connectivity index is 5.24. The van der Waals surface area contributed by atoms with Gasteiger partial charge in [-0.1, -0.05) is 433 Å². The van der Waals surface area contributed by atoms with Crippen LogP contribution in [0.1, 0.15) is 484 Å². The van der Waals surface area contributed by atoms with E-state index >= 15 is 0 Å². The Bertz CT molecular complexity index is 2050. The fourth-order valence-corrected chi connectivity index (χ4v) is 15.5. The van der Waals surface area contributed by atoms with E-state index in [1.54, 1.807) is 0 Å². The van der Waals surface area contributed by atoms with Crippen molar-refractivity contribution in [2.45, 2.75) is 502 Å². The number of rotatable bonds is 89. The average molecular weight is 1580 g/mol. The Kier molecular flexibility index (Phi) is 80.2. The molecule has 0 heterocycles. The molecule has 0 radical (unpaired) electrons. The van der Waals surface area contributed by atoms with Gasteiger partial charge in [-0.25, -0.2) is 9.13 Å². The third-order valence-corrected chi connectivity index (χ3v) is 23.3. The Morgan fingerprint density at radius 3 is 0.657 bits per heavy atom. The lowest BCUT2D eigenvalue weighted by molar-refractivity contribution is -0.161. The number of hydrogen-bond acceptors (Lipinski definition) is 15. The van der Waals surface area contributed by atoms with Crippen molar-refractivity contribution in [3.63, 3.8) is 0 Å². The standard InChI is InChI=1S/C89H174O17P2/c1-6-10-13-16-19-22-25-28-30-32-36-40-43-48-53-58-63-68-73-87(92)100-79-85(106-89(94)75-70-65-60-55-50-45-41-37-34-33-35-38-42-46-51-56-61-66-71-82(5)9-4)81-104-108(97,98)102-77-83(90)76-101-107(95,96)103-80-84(78-99-86(91)72-67-62-57-52-47-27-24-21-18-15-12-8-3)105-88(93)74-69-64-59-54-49-44-39-31-29-26-23-20-17-14-11-7-2/h82-85,90H,6-81H2,1-5H3,(H,95,96)(H,97,98)/t82?,83-,84+,85+/m0/s1. The van der Waals surface area contributed by atoms with Gasteiger partial charge in [0.2, 0.25) is 0 Å². The van der Waals surface area contributed by atoms with E-state index in [0.29, 0.717) is 25.7 Å². The number of phosphoric acid groups is 2. The smallest absolute Gasteiger partial charge is 0.462 e. The average Bonchev–Trinajstić information content (AvgIpc) is 0.900. The van der Waals surface area contributed by atoms with E-state index in [1.807, 2.05) is 0 Å². The number of aliphatic hydroxyl groups is 1. The molecule has 0 saturated carbocycles. The number of carbonyl (C=O) groups is 4. The minimum atomic E-state index is -4.97. The maximum Gasteiger partial charge on any atom is 0.472 e. The molecule has 0 aliphatic heterocycles. The molecule has 0 aromatic carbocycles. The van der Waals surface area contributed by atoms with Crippen molar-refractivity contribution >= 4 is 39.5 Å². The molecule has 0 aromatic heterocycles. The molecule has 0 saturated heterocycles. The van der Waals surface area contributed by atoms with Crippen LogP contribution in [-0.4, -0.2) is 96.7 Å². The van der Waals surface area contributed by atoms with Crippen LogP contribution >= 0.6 is 15.6 Å². The monoisotopic (exact) mass is 1580 g/mol. The number of ether oxygens (including phenoxy) is 4. The van der Waals surface area contributed by atoms with E-state index in [9.17, 15) is 43.2 Å². The number of phosphoric ester groups is 2. The summed E-state index contributed by atoms with van der Waals surface area (Å²) in [5.41, 5.74) is 0. The normalized spacial score (nSPS) is 14.0. The zero-order valence-corrected chi connectivity index (χ0v) is 72.8. The molecule has 0 aliphatic rings. The van der Waals surface area contributed by atoms with E-state index < -0.39 is 97.5 Å². The summed E-state index contributed by atoms with van der Waals surface area (Å²) in [5, 5.41) is 10.7. The third-order valence-electron chi connectivity index (χ3n) is 21.4. The van der Waals surface area contributed by atoms with Crippen molar-refractivity contribution in [3.05, 3.63) is 0 Å². The highest BCUT2D eigenvalue weighted by Gasteiger charge is 2.31. The van der Waals surface area contributed by atoms with Gasteiger partial charge in [-0.2, -0.15) is 0 Å². The predicted molar refractivity (Wildman–Crippen MR) is 446 cm³/mol. The number of esters is 4. The molecule has 3 unspecified atom stereocenters. The van der Waals surface area contributed by atoms with E-state index in [1.165, 1.54) is 308 Å². The van der Waals surface area contributed by atoms with Gasteiger partial charge in [-0.05, 0) is 31.6 Å². The van der Waals surface area contributed by atoms with Crippen LogP contribution in [0.4, 0.5) is 0 Å². The Hall–Kier alpha value is -1.94. The van der Waals surface area contributed by atoms with Crippen molar-refractivity contribution in [2.75, 3.05) is 39.6 Å². The number of hydrogen-bond donors (Lipinski definition) is 3. The van der Waals surface area contributed by atoms with Crippen molar-refractivity contribution in [1.29, 1.82) is 0 Å². The molecule has 0 aliphatic carbocycles. The molecule has 0 bridgehead atoms. The second-order valence-corrected chi connectivity index (χ2v) is 35.1. The van der Waals surface area contributed by atoms with Gasteiger partial charge >= 0.3 is 39.5 Å². The summed E-state index contributed by atoms with van der Waals surface area (Å²) in [4.78, 5) is 73.4. The molecule has 0 spiro atoms. The maximum atomic E-state index is 13.2. The molecular formula is C89H174O17P2. The van der Waals surface area contributed by atoms with Crippen molar-refractivity contribution < 1.29 is 80.2 Å². The predicted octanol–water partition coefficient (Wildman–Crippen LogP) is 27.5. The topological polar surface area (TPSA) is 237 Å². The fourth-order valence-electron chi connectivity index (χ4n) is 14.0. The lowest BCUT2D eigenvalue weighted by atomic mass is 9.99. The number of aliphatic hydroxyl groups excluding tert-OH is 1. The zero-order valence-electron chi connectivity index (χ0n) is 71.0. The molecule has 0 rings (SSSR count). The number of carbonyl (C=O) groups excluding carboxylic acids is 4. The quantitative estimate of drug-likeness (QED) is 0.0222. The Labute approximate surface area is 664 Å². The van der Waals surface area contributed by atoms with Crippen LogP contribution in [0.5, 0.6) is 0 Å². The molecule has 642 valence electrons. The van der Waals surface area contributed by atoms with Gasteiger partial charge in [0.15, 0.2) is 12.2 Å². The van der Waals surface area contributed by atoms with E-state index in [0.717, 1.165) is 95.8 Å². The molecular weight excluding hydrogens is 1400 g/mol. The first-order valence-electron chi connectivity index (χ1n) is 46.2. The minimum Gasteiger partial charge on any atom is -0.462 e. The summed E-state index contributed by atoms with van der Waals surface area (Å²) in [7, 11) is -9.93. The minimum absolute atomic E-state index is 0.109. The maximum absolute atomic E-state index is 13.2. The van der Waals surface area contributed by atoms with Gasteiger partial charge in [0, 0.05) is 25.7 Å². The van der Waals surface area contributed by atoms with Gasteiger partial charge in [0.25, 0.3) is 0 Å². The van der Waals surface area contributed by atoms with Crippen LogP contribution < -0.4 is 0 Å². The SMILES string of the molecule is CCCCCCCCCCCCCCCCCCCCC(=O)OC[C@H](COP(=O)(O)OC[C@@H](O)COP(=O)(O)OC[C@@H](COC(=O)CCCCCCCCCCCCCC)OC(=O)CCCCCCCCCCCCCCCCCC)OC(=O)CCCCCCCCCCCCCCCCCCCCC(C)CC. The summed E-state index contributed by atoms with van der Waals surface area (Å²) in [6, 6.07) is 0. The first kappa shape index (κ1) is 106. The highest BCUT2D eigenvalue weighted by atomic mass is 31.2. The lowest BCUT2D eigenvalue weighted by Crippen LogP contribution is -2.30. The highest BCUT2D eigenvalue weighted by Crippen LogP contribution is 2.45. The molecule has 19 heteroatoms. The number of unbranched alkanes of at least 4 members (excludes halogenated alkanes) is 60. The summed E-state index contributed by atoms with van der Waals surface area (Å²) in [6.07, 6.45) is 76.3. The first-order chi connectivity index (χ1) is 52.6. The first-order valence-corrected chi connectivity index (χ1v) is 49.2. The molecule has 17 nitrogen and oxygen atoms in total. The molecule has 6 atom stereocenters. The van der Waals surface area contributed by atoms with Crippen LogP contribution in [0.2, 0.25) is 0 Å². The summed E-state index contributed by atoms with van der Waals surface area (Å²) in [6.45, 7) is 7.46. The zero-order chi connectivity index (χ0) is 79.0. The van der Waals surface area contributed by atoms with E-state index in [-0.39, 0.29) is 25.7 Å². The third kappa shape index (κ3) is 80.7. The van der Waals surface area contributed by atoms with Gasteiger partial charge < -0.3 is 33.8 Å². The lowest BCUT2D eigenvalue weighted by Gasteiger charge is -2.21. The second-order valence-electron chi connectivity index (χ2n) is 32.2. The van der Waals surface area contributed by atoms with Crippen LogP contribution in [0.15, 0.2) is 0 Å².